The van der Waals surface area contributed by atoms with Crippen molar-refractivity contribution >= 4 is 21.6 Å². The van der Waals surface area contributed by atoms with Crippen molar-refractivity contribution in [2.45, 2.75) is 26.8 Å². The molecule has 0 saturated carbocycles. The Morgan fingerprint density at radius 2 is 1.69 bits per heavy atom. The van der Waals surface area contributed by atoms with Crippen LogP contribution in [0.3, 0.4) is 0 Å². The van der Waals surface area contributed by atoms with Crippen LogP contribution < -0.4 is 19.1 Å². The summed E-state index contributed by atoms with van der Waals surface area (Å²) in [6.07, 6.45) is 1.10. The smallest absolute Gasteiger partial charge is 0.241 e. The molecule has 7 nitrogen and oxygen atoms in total. The minimum atomic E-state index is -3.62. The quantitative estimate of drug-likeness (QED) is 0.780. The third-order valence-electron chi connectivity index (χ3n) is 4.63. The summed E-state index contributed by atoms with van der Waals surface area (Å²) >= 11 is 0. The number of sulfonamides is 1. The molecule has 1 aliphatic heterocycles. The number of ether oxygens (including phenoxy) is 2. The summed E-state index contributed by atoms with van der Waals surface area (Å²) in [6, 6.07) is 10.6. The predicted octanol–water partition coefficient (Wildman–Crippen LogP) is 2.72. The lowest BCUT2D eigenvalue weighted by atomic mass is 10.1. The zero-order valence-electron chi connectivity index (χ0n) is 17.1. The maximum atomic E-state index is 12.6. The van der Waals surface area contributed by atoms with Gasteiger partial charge in [-0.25, -0.2) is 8.42 Å². The summed E-state index contributed by atoms with van der Waals surface area (Å²) in [5.74, 6) is 0.927. The number of hydrogen-bond acceptors (Lipinski definition) is 5. The highest BCUT2D eigenvalue weighted by Gasteiger charge is 2.23. The monoisotopic (exact) mass is 418 g/mol. The normalized spacial score (nSPS) is 14.2. The highest BCUT2D eigenvalue weighted by molar-refractivity contribution is 7.92. The van der Waals surface area contributed by atoms with Crippen LogP contribution in [0.5, 0.6) is 11.5 Å². The first-order valence-corrected chi connectivity index (χ1v) is 11.2. The lowest BCUT2D eigenvalue weighted by molar-refractivity contribution is -0.120. The zero-order chi connectivity index (χ0) is 21.2. The highest BCUT2D eigenvalue weighted by Crippen LogP contribution is 2.32. The summed E-state index contributed by atoms with van der Waals surface area (Å²) in [6.45, 7) is 6.32. The molecule has 2 aromatic carbocycles. The van der Waals surface area contributed by atoms with Crippen molar-refractivity contribution in [2.75, 3.05) is 30.3 Å². The van der Waals surface area contributed by atoms with Gasteiger partial charge in [-0.05, 0) is 61.7 Å². The molecule has 1 amide bonds. The number of nitrogens with one attached hydrogen (secondary N) is 1. The van der Waals surface area contributed by atoms with E-state index in [1.165, 1.54) is 0 Å². The Hall–Kier alpha value is -2.74. The second kappa shape index (κ2) is 8.32. The second-order valence-electron chi connectivity index (χ2n) is 7.31. The highest BCUT2D eigenvalue weighted by atomic mass is 32.2. The number of carbonyl (C=O) groups is 1. The van der Waals surface area contributed by atoms with Crippen LogP contribution >= 0.6 is 0 Å². The van der Waals surface area contributed by atoms with Crippen LogP contribution in [0.1, 0.15) is 29.7 Å². The summed E-state index contributed by atoms with van der Waals surface area (Å²) in [7, 11) is -3.62. The molecule has 0 fully saturated rings. The largest absolute Gasteiger partial charge is 0.486 e. The van der Waals surface area contributed by atoms with E-state index in [1.54, 1.807) is 12.1 Å². The average Bonchev–Trinajstić information content (AvgIpc) is 2.64. The molecule has 156 valence electrons. The molecule has 1 aliphatic rings. The summed E-state index contributed by atoms with van der Waals surface area (Å²) in [4.78, 5) is 12.6. The van der Waals surface area contributed by atoms with E-state index in [2.05, 4.69) is 5.32 Å². The van der Waals surface area contributed by atoms with Gasteiger partial charge in [-0.2, -0.15) is 0 Å². The molecule has 0 aromatic heterocycles. The predicted molar refractivity (Wildman–Crippen MR) is 112 cm³/mol. The molecular formula is C21H26N2O5S. The van der Waals surface area contributed by atoms with E-state index in [0.717, 1.165) is 27.3 Å². The van der Waals surface area contributed by atoms with E-state index in [0.29, 0.717) is 30.4 Å². The fourth-order valence-electron chi connectivity index (χ4n) is 3.32. The van der Waals surface area contributed by atoms with E-state index >= 15 is 0 Å². The Bertz CT molecular complexity index is 999. The van der Waals surface area contributed by atoms with Crippen LogP contribution in [-0.2, 0) is 14.8 Å². The molecule has 8 heteroatoms. The molecule has 1 N–H and O–H groups in total. The molecule has 3 rings (SSSR count). The van der Waals surface area contributed by atoms with Crippen molar-refractivity contribution < 1.29 is 22.7 Å². The number of amides is 1. The molecule has 0 unspecified atom stereocenters. The lowest BCUT2D eigenvalue weighted by Gasteiger charge is -2.24. The number of carbonyl (C=O) groups excluding carboxylic acids is 1. The van der Waals surface area contributed by atoms with Gasteiger partial charge in [-0.1, -0.05) is 12.1 Å². The molecule has 1 heterocycles. The third-order valence-corrected chi connectivity index (χ3v) is 5.77. The first kappa shape index (κ1) is 21.0. The maximum Gasteiger partial charge on any atom is 0.241 e. The van der Waals surface area contributed by atoms with Crippen molar-refractivity contribution in [1.82, 2.24) is 5.32 Å². The standard InChI is InChI=1S/C21H26N2O5S/c1-14-9-15(2)11-18(10-14)23(29(4,25)26)13-21(24)22-16(3)17-5-6-19-20(12-17)28-8-7-27-19/h5-6,9-12,16H,7-8,13H2,1-4H3,(H,22,24)/t16-/m0/s1. The number of aryl methyl sites for hydroxylation is 2. The van der Waals surface area contributed by atoms with Gasteiger partial charge in [-0.15, -0.1) is 0 Å². The first-order valence-electron chi connectivity index (χ1n) is 9.38. The lowest BCUT2D eigenvalue weighted by Crippen LogP contribution is -2.41. The fourth-order valence-corrected chi connectivity index (χ4v) is 4.16. The van der Waals surface area contributed by atoms with Gasteiger partial charge in [0, 0.05) is 0 Å². The van der Waals surface area contributed by atoms with E-state index < -0.39 is 15.9 Å². The topological polar surface area (TPSA) is 84.9 Å². The van der Waals surface area contributed by atoms with E-state index in [4.69, 9.17) is 9.47 Å². The van der Waals surface area contributed by atoms with E-state index in [1.807, 2.05) is 45.0 Å². The van der Waals surface area contributed by atoms with Crippen LogP contribution in [0.4, 0.5) is 5.69 Å². The Morgan fingerprint density at radius 1 is 1.07 bits per heavy atom. The van der Waals surface area contributed by atoms with Gasteiger partial charge in [0.15, 0.2) is 11.5 Å². The minimum Gasteiger partial charge on any atom is -0.486 e. The Labute approximate surface area is 171 Å². The molecule has 0 radical (unpaired) electrons. The van der Waals surface area contributed by atoms with E-state index in [-0.39, 0.29) is 12.6 Å². The van der Waals surface area contributed by atoms with Gasteiger partial charge in [0.25, 0.3) is 0 Å². The number of anilines is 1. The first-order chi connectivity index (χ1) is 13.6. The van der Waals surface area contributed by atoms with Crippen LogP contribution in [0.25, 0.3) is 0 Å². The van der Waals surface area contributed by atoms with Gasteiger partial charge in [0.05, 0.1) is 18.0 Å². The van der Waals surface area contributed by atoms with Gasteiger partial charge in [0.2, 0.25) is 15.9 Å². The van der Waals surface area contributed by atoms with Crippen LogP contribution in [0, 0.1) is 13.8 Å². The molecule has 0 spiro atoms. The third kappa shape index (κ3) is 5.20. The van der Waals surface area contributed by atoms with Gasteiger partial charge in [-0.3, -0.25) is 9.10 Å². The van der Waals surface area contributed by atoms with Crippen molar-refractivity contribution in [3.05, 3.63) is 53.1 Å². The molecular weight excluding hydrogens is 392 g/mol. The molecule has 1 atom stereocenters. The van der Waals surface area contributed by atoms with Gasteiger partial charge < -0.3 is 14.8 Å². The van der Waals surface area contributed by atoms with Crippen molar-refractivity contribution in [2.24, 2.45) is 0 Å². The van der Waals surface area contributed by atoms with E-state index in [9.17, 15) is 13.2 Å². The second-order valence-corrected chi connectivity index (χ2v) is 9.21. The van der Waals surface area contributed by atoms with Crippen LogP contribution in [0.2, 0.25) is 0 Å². The summed E-state index contributed by atoms with van der Waals surface area (Å²) < 4.78 is 36.9. The average molecular weight is 419 g/mol. The Morgan fingerprint density at radius 3 is 2.31 bits per heavy atom. The number of nitrogens with zero attached hydrogens (tertiary/aromatic N) is 1. The Balaban J connectivity index is 1.75. The molecule has 2 aromatic rings. The SMILES string of the molecule is Cc1cc(C)cc(N(CC(=O)N[C@@H](C)c2ccc3c(c2)OCCO3)S(C)(=O)=O)c1. The van der Waals surface area contributed by atoms with Crippen LogP contribution in [0.15, 0.2) is 36.4 Å². The van der Waals surface area contributed by atoms with Crippen LogP contribution in [-0.4, -0.2) is 40.3 Å². The number of fused-ring (bicyclic) bond motifs is 1. The number of rotatable bonds is 6. The van der Waals surface area contributed by atoms with Gasteiger partial charge in [0.1, 0.15) is 19.8 Å². The number of benzene rings is 2. The van der Waals surface area contributed by atoms with Crippen molar-refractivity contribution in [3.63, 3.8) is 0 Å². The number of hydrogen-bond donors (Lipinski definition) is 1. The molecule has 0 saturated heterocycles. The molecule has 29 heavy (non-hydrogen) atoms. The molecule has 0 aliphatic carbocycles. The fraction of sp³-hybridized carbons (Fsp3) is 0.381. The Kier molecular flexibility index (Phi) is 6.02. The minimum absolute atomic E-state index is 0.295. The zero-order valence-corrected chi connectivity index (χ0v) is 17.9. The maximum absolute atomic E-state index is 12.6. The summed E-state index contributed by atoms with van der Waals surface area (Å²) in [5, 5.41) is 2.86. The van der Waals surface area contributed by atoms with Crippen molar-refractivity contribution in [3.8, 4) is 11.5 Å². The summed E-state index contributed by atoms with van der Waals surface area (Å²) in [5.41, 5.74) is 3.18. The molecule has 0 bridgehead atoms. The van der Waals surface area contributed by atoms with Crippen molar-refractivity contribution in [1.29, 1.82) is 0 Å². The van der Waals surface area contributed by atoms with Gasteiger partial charge >= 0.3 is 0 Å².